The molecule has 1 aliphatic rings. The third-order valence-electron chi connectivity index (χ3n) is 4.10. The lowest BCUT2D eigenvalue weighted by Crippen LogP contribution is -2.36. The summed E-state index contributed by atoms with van der Waals surface area (Å²) in [4.78, 5) is 14.2. The Hall–Kier alpha value is -1.93. The van der Waals surface area contributed by atoms with Gasteiger partial charge in [0.2, 0.25) is 0 Å². The van der Waals surface area contributed by atoms with Gasteiger partial charge in [-0.3, -0.25) is 4.79 Å². The van der Waals surface area contributed by atoms with Crippen LogP contribution < -0.4 is 0 Å². The number of benzene rings is 1. The van der Waals surface area contributed by atoms with Crippen LogP contribution >= 0.6 is 35.6 Å². The van der Waals surface area contributed by atoms with Crippen molar-refractivity contribution in [2.24, 2.45) is 0 Å². The standard InChI is InChI=1S/C19H16Cl2N2O2.ClH/c20-14-4-6-17(21)16(11-14)18-7-5-15(25-18)10-13(12-22)19(24)23-8-2-1-3-9-23;/h4-7,10-11H,1-3,8-9H2;1H/b13-10+;. The quantitative estimate of drug-likeness (QED) is 0.488. The summed E-state index contributed by atoms with van der Waals surface area (Å²) in [5.74, 6) is 0.704. The predicted molar refractivity (Wildman–Crippen MR) is 105 cm³/mol. The number of hydrogen-bond donors (Lipinski definition) is 0. The minimum absolute atomic E-state index is 0. The van der Waals surface area contributed by atoms with Crippen LogP contribution in [0.5, 0.6) is 0 Å². The zero-order valence-corrected chi connectivity index (χ0v) is 16.2. The highest BCUT2D eigenvalue weighted by molar-refractivity contribution is 6.35. The molecule has 26 heavy (non-hydrogen) atoms. The van der Waals surface area contributed by atoms with Gasteiger partial charge >= 0.3 is 0 Å². The Kier molecular flexibility index (Phi) is 7.16. The van der Waals surface area contributed by atoms with Gasteiger partial charge in [-0.05, 0) is 49.6 Å². The molecule has 0 aliphatic carbocycles. The second-order valence-electron chi connectivity index (χ2n) is 5.85. The molecular weight excluding hydrogens is 395 g/mol. The molecule has 1 amide bonds. The van der Waals surface area contributed by atoms with Crippen LogP contribution in [-0.4, -0.2) is 23.9 Å². The molecule has 0 bridgehead atoms. The average molecular weight is 412 g/mol. The van der Waals surface area contributed by atoms with Gasteiger partial charge in [0.15, 0.2) is 0 Å². The maximum atomic E-state index is 12.5. The number of furan rings is 1. The van der Waals surface area contributed by atoms with Gasteiger partial charge in [-0.25, -0.2) is 0 Å². The fraction of sp³-hybridized carbons (Fsp3) is 0.263. The number of amides is 1. The van der Waals surface area contributed by atoms with E-state index < -0.39 is 0 Å². The lowest BCUT2D eigenvalue weighted by molar-refractivity contribution is -0.127. The number of nitrogens with zero attached hydrogens (tertiary/aromatic N) is 2. The van der Waals surface area contributed by atoms with Crippen LogP contribution in [0, 0.1) is 11.3 Å². The van der Waals surface area contributed by atoms with E-state index in [4.69, 9.17) is 27.6 Å². The van der Waals surface area contributed by atoms with Crippen molar-refractivity contribution in [2.45, 2.75) is 19.3 Å². The fourth-order valence-corrected chi connectivity index (χ4v) is 3.20. The van der Waals surface area contributed by atoms with Crippen LogP contribution in [0.3, 0.4) is 0 Å². The maximum Gasteiger partial charge on any atom is 0.264 e. The summed E-state index contributed by atoms with van der Waals surface area (Å²) in [7, 11) is 0. The Balaban J connectivity index is 0.00000243. The van der Waals surface area contributed by atoms with Crippen LogP contribution in [-0.2, 0) is 4.79 Å². The molecule has 1 aromatic carbocycles. The summed E-state index contributed by atoms with van der Waals surface area (Å²) in [6.45, 7) is 1.39. The monoisotopic (exact) mass is 410 g/mol. The maximum absolute atomic E-state index is 12.5. The first kappa shape index (κ1) is 20.4. The van der Waals surface area contributed by atoms with E-state index in [-0.39, 0.29) is 23.9 Å². The average Bonchev–Trinajstić information content (AvgIpc) is 3.10. The molecule has 7 heteroatoms. The highest BCUT2D eigenvalue weighted by atomic mass is 35.5. The predicted octanol–water partition coefficient (Wildman–Crippen LogP) is 5.59. The van der Waals surface area contributed by atoms with Crippen LogP contribution in [0.1, 0.15) is 25.0 Å². The molecule has 4 nitrogen and oxygen atoms in total. The Bertz CT molecular complexity index is 862. The normalized spacial score (nSPS) is 14.5. The Morgan fingerprint density at radius 1 is 1.15 bits per heavy atom. The first-order chi connectivity index (χ1) is 12.1. The van der Waals surface area contributed by atoms with Crippen LogP contribution in [0.15, 0.2) is 40.3 Å². The topological polar surface area (TPSA) is 57.2 Å². The van der Waals surface area contributed by atoms with Crippen molar-refractivity contribution in [2.75, 3.05) is 13.1 Å². The molecule has 0 unspecified atom stereocenters. The van der Waals surface area contributed by atoms with Crippen molar-refractivity contribution in [3.8, 4) is 17.4 Å². The molecular formula is C19H17Cl3N2O2. The van der Waals surface area contributed by atoms with Crippen molar-refractivity contribution >= 4 is 47.6 Å². The fourth-order valence-electron chi connectivity index (χ4n) is 2.81. The number of piperidine rings is 1. The van der Waals surface area contributed by atoms with E-state index in [1.165, 1.54) is 6.08 Å². The largest absolute Gasteiger partial charge is 0.457 e. The van der Waals surface area contributed by atoms with Gasteiger partial charge in [-0.15, -0.1) is 12.4 Å². The second kappa shape index (κ2) is 9.14. The summed E-state index contributed by atoms with van der Waals surface area (Å²) < 4.78 is 5.73. The third-order valence-corrected chi connectivity index (χ3v) is 4.67. The number of carbonyl (C=O) groups excluding carboxylic acids is 1. The molecule has 0 radical (unpaired) electrons. The number of hydrogen-bond acceptors (Lipinski definition) is 3. The number of likely N-dealkylation sites (tertiary alicyclic amines) is 1. The van der Waals surface area contributed by atoms with E-state index in [2.05, 4.69) is 0 Å². The van der Waals surface area contributed by atoms with Crippen molar-refractivity contribution in [3.05, 3.63) is 51.7 Å². The van der Waals surface area contributed by atoms with Gasteiger partial charge < -0.3 is 9.32 Å². The molecule has 2 aromatic rings. The molecule has 0 spiro atoms. The molecule has 1 fully saturated rings. The molecule has 0 N–H and O–H groups in total. The molecule has 1 aromatic heterocycles. The van der Waals surface area contributed by atoms with E-state index in [9.17, 15) is 10.1 Å². The molecule has 0 atom stereocenters. The van der Waals surface area contributed by atoms with E-state index in [0.29, 0.717) is 40.2 Å². The van der Waals surface area contributed by atoms with Crippen LogP contribution in [0.4, 0.5) is 0 Å². The number of halogens is 3. The van der Waals surface area contributed by atoms with E-state index in [1.54, 1.807) is 35.2 Å². The van der Waals surface area contributed by atoms with Gasteiger partial charge in [0.1, 0.15) is 23.2 Å². The molecule has 136 valence electrons. The molecule has 1 saturated heterocycles. The zero-order valence-electron chi connectivity index (χ0n) is 13.9. The summed E-state index contributed by atoms with van der Waals surface area (Å²) in [5.41, 5.74) is 0.731. The lowest BCUT2D eigenvalue weighted by atomic mass is 10.1. The number of rotatable bonds is 3. The Morgan fingerprint density at radius 3 is 2.58 bits per heavy atom. The number of carbonyl (C=O) groups is 1. The lowest BCUT2D eigenvalue weighted by Gasteiger charge is -2.26. The summed E-state index contributed by atoms with van der Waals surface area (Å²) in [6, 6.07) is 10.5. The zero-order chi connectivity index (χ0) is 17.8. The highest BCUT2D eigenvalue weighted by Crippen LogP contribution is 2.32. The Morgan fingerprint density at radius 2 is 1.88 bits per heavy atom. The molecule has 2 heterocycles. The summed E-state index contributed by atoms with van der Waals surface area (Å²) in [6.07, 6.45) is 4.54. The van der Waals surface area contributed by atoms with Gasteiger partial charge in [-0.1, -0.05) is 23.2 Å². The van der Waals surface area contributed by atoms with E-state index in [0.717, 1.165) is 19.3 Å². The van der Waals surface area contributed by atoms with Gasteiger partial charge in [0.05, 0.1) is 5.02 Å². The van der Waals surface area contributed by atoms with Crippen molar-refractivity contribution in [3.63, 3.8) is 0 Å². The van der Waals surface area contributed by atoms with Gasteiger partial charge in [0, 0.05) is 29.8 Å². The number of nitriles is 1. The van der Waals surface area contributed by atoms with E-state index in [1.807, 2.05) is 6.07 Å². The first-order valence-electron chi connectivity index (χ1n) is 8.05. The van der Waals surface area contributed by atoms with Crippen molar-refractivity contribution < 1.29 is 9.21 Å². The molecule has 3 rings (SSSR count). The van der Waals surface area contributed by atoms with Crippen molar-refractivity contribution in [1.29, 1.82) is 5.26 Å². The SMILES string of the molecule is Cl.N#C/C(=C\c1ccc(-c2cc(Cl)ccc2Cl)o1)C(=O)N1CCCCC1. The summed E-state index contributed by atoms with van der Waals surface area (Å²) in [5, 5.41) is 10.4. The minimum Gasteiger partial charge on any atom is -0.457 e. The van der Waals surface area contributed by atoms with E-state index >= 15 is 0 Å². The smallest absolute Gasteiger partial charge is 0.264 e. The third kappa shape index (κ3) is 4.62. The first-order valence-corrected chi connectivity index (χ1v) is 8.80. The van der Waals surface area contributed by atoms with Crippen LogP contribution in [0.2, 0.25) is 10.0 Å². The van der Waals surface area contributed by atoms with Crippen LogP contribution in [0.25, 0.3) is 17.4 Å². The second-order valence-corrected chi connectivity index (χ2v) is 6.69. The van der Waals surface area contributed by atoms with Gasteiger partial charge in [0.25, 0.3) is 5.91 Å². The molecule has 1 aliphatic heterocycles. The summed E-state index contributed by atoms with van der Waals surface area (Å²) >= 11 is 12.2. The Labute approximate surface area is 168 Å². The molecule has 0 saturated carbocycles. The highest BCUT2D eigenvalue weighted by Gasteiger charge is 2.20. The van der Waals surface area contributed by atoms with Crippen molar-refractivity contribution in [1.82, 2.24) is 4.90 Å². The van der Waals surface area contributed by atoms with Gasteiger partial charge in [-0.2, -0.15) is 5.26 Å². The minimum atomic E-state index is -0.249.